The van der Waals surface area contributed by atoms with Crippen LogP contribution in [-0.2, 0) is 0 Å². The second kappa shape index (κ2) is 4.27. The van der Waals surface area contributed by atoms with Crippen LogP contribution < -0.4 is 10.5 Å². The van der Waals surface area contributed by atoms with Gasteiger partial charge in [0.25, 0.3) is 0 Å². The number of nitrogen functional groups attached to an aromatic ring is 1. The van der Waals surface area contributed by atoms with Crippen LogP contribution in [-0.4, -0.2) is 39.1 Å². The standard InChI is InChI=1S/C8H7F4N5O/c9-6(10)8(11,12)2-18-5-3-1-14-17-4(3)15-7(13)16-5/h1,6H,2H2,(H3,13,14,15,16,17). The molecule has 98 valence electrons. The normalized spacial score (nSPS) is 12.3. The Labute approximate surface area is 97.2 Å². The van der Waals surface area contributed by atoms with Gasteiger partial charge in [0.05, 0.1) is 6.20 Å². The lowest BCUT2D eigenvalue weighted by molar-refractivity contribution is -0.148. The van der Waals surface area contributed by atoms with Crippen LogP contribution >= 0.6 is 0 Å². The Morgan fingerprint density at radius 2 is 2.11 bits per heavy atom. The molecule has 2 aromatic heterocycles. The Hall–Kier alpha value is -2.13. The fourth-order valence-electron chi connectivity index (χ4n) is 1.16. The van der Waals surface area contributed by atoms with Crippen molar-refractivity contribution in [3.05, 3.63) is 6.20 Å². The second-order valence-electron chi connectivity index (χ2n) is 3.37. The summed E-state index contributed by atoms with van der Waals surface area (Å²) in [5, 5.41) is 6.18. The number of H-pyrrole nitrogens is 1. The van der Waals surface area contributed by atoms with E-state index in [1.165, 1.54) is 6.20 Å². The third kappa shape index (κ3) is 2.26. The third-order valence-electron chi connectivity index (χ3n) is 2.01. The van der Waals surface area contributed by atoms with Gasteiger partial charge in [-0.25, -0.2) is 8.78 Å². The number of alkyl halides is 4. The van der Waals surface area contributed by atoms with Gasteiger partial charge in [0.2, 0.25) is 11.8 Å². The minimum absolute atomic E-state index is 0.165. The fourth-order valence-corrected chi connectivity index (χ4v) is 1.16. The van der Waals surface area contributed by atoms with Gasteiger partial charge in [-0.15, -0.1) is 0 Å². The van der Waals surface area contributed by atoms with Crippen molar-refractivity contribution in [3.8, 4) is 5.88 Å². The summed E-state index contributed by atoms with van der Waals surface area (Å²) in [6.07, 6.45) is -2.61. The number of hydrogen-bond acceptors (Lipinski definition) is 5. The summed E-state index contributed by atoms with van der Waals surface area (Å²) < 4.78 is 53.8. The second-order valence-corrected chi connectivity index (χ2v) is 3.37. The lowest BCUT2D eigenvalue weighted by Gasteiger charge is -2.15. The number of ether oxygens (including phenoxy) is 1. The Balaban J connectivity index is 2.24. The lowest BCUT2D eigenvalue weighted by atomic mass is 10.4. The van der Waals surface area contributed by atoms with E-state index in [2.05, 4.69) is 24.9 Å². The number of nitrogens with two attached hydrogens (primary N) is 1. The van der Waals surface area contributed by atoms with E-state index in [4.69, 9.17) is 5.73 Å². The van der Waals surface area contributed by atoms with E-state index in [0.717, 1.165) is 0 Å². The molecule has 0 saturated heterocycles. The van der Waals surface area contributed by atoms with Gasteiger partial charge < -0.3 is 10.5 Å². The molecule has 0 amide bonds. The molecular formula is C8H7F4N5O. The van der Waals surface area contributed by atoms with Crippen LogP contribution in [0.3, 0.4) is 0 Å². The van der Waals surface area contributed by atoms with Gasteiger partial charge in [0.1, 0.15) is 5.39 Å². The quantitative estimate of drug-likeness (QED) is 0.811. The van der Waals surface area contributed by atoms with E-state index in [-0.39, 0.29) is 22.9 Å². The molecule has 0 spiro atoms. The Morgan fingerprint density at radius 1 is 1.39 bits per heavy atom. The molecule has 3 N–H and O–H groups in total. The zero-order valence-electron chi connectivity index (χ0n) is 8.70. The summed E-state index contributed by atoms with van der Waals surface area (Å²) >= 11 is 0. The highest BCUT2D eigenvalue weighted by atomic mass is 19.3. The molecule has 0 atom stereocenters. The van der Waals surface area contributed by atoms with Gasteiger partial charge >= 0.3 is 12.3 Å². The van der Waals surface area contributed by atoms with E-state index in [0.29, 0.717) is 0 Å². The van der Waals surface area contributed by atoms with Gasteiger partial charge in [-0.05, 0) is 0 Å². The topological polar surface area (TPSA) is 89.7 Å². The molecule has 0 aliphatic heterocycles. The molecule has 2 rings (SSSR count). The maximum Gasteiger partial charge on any atom is 0.340 e. The SMILES string of the molecule is Nc1nc(OCC(F)(F)C(F)F)c2cn[nH]c2n1. The molecule has 6 nitrogen and oxygen atoms in total. The summed E-state index contributed by atoms with van der Waals surface area (Å²) in [5.41, 5.74) is 5.46. The summed E-state index contributed by atoms with van der Waals surface area (Å²) in [7, 11) is 0. The first-order valence-corrected chi connectivity index (χ1v) is 4.65. The number of fused-ring (bicyclic) bond motifs is 1. The number of aromatic amines is 1. The summed E-state index contributed by atoms with van der Waals surface area (Å²) in [6, 6.07) is 0. The van der Waals surface area contributed by atoms with Gasteiger partial charge in [0, 0.05) is 0 Å². The van der Waals surface area contributed by atoms with Gasteiger partial charge in [-0.2, -0.15) is 23.8 Å². The van der Waals surface area contributed by atoms with Crippen molar-refractivity contribution in [2.24, 2.45) is 0 Å². The summed E-state index contributed by atoms with van der Waals surface area (Å²) in [6.45, 7) is -1.51. The van der Waals surface area contributed by atoms with E-state index < -0.39 is 19.0 Å². The molecule has 0 aliphatic rings. The molecule has 0 fully saturated rings. The average Bonchev–Trinajstić information content (AvgIpc) is 2.73. The first kappa shape index (κ1) is 12.3. The van der Waals surface area contributed by atoms with E-state index in [1.807, 2.05) is 0 Å². The van der Waals surface area contributed by atoms with Crippen LogP contribution in [0.1, 0.15) is 0 Å². The molecule has 0 bridgehead atoms. The summed E-state index contributed by atoms with van der Waals surface area (Å²) in [4.78, 5) is 7.25. The number of rotatable bonds is 4. The Bertz CT molecular complexity index is 557. The summed E-state index contributed by atoms with van der Waals surface area (Å²) in [5.74, 6) is -4.84. The predicted octanol–water partition coefficient (Wildman–Crippen LogP) is 1.21. The first-order chi connectivity index (χ1) is 8.40. The molecule has 18 heavy (non-hydrogen) atoms. The highest BCUT2D eigenvalue weighted by molar-refractivity contribution is 5.80. The molecule has 10 heteroatoms. The Kier molecular flexibility index (Phi) is 2.93. The van der Waals surface area contributed by atoms with Crippen molar-refractivity contribution in [2.45, 2.75) is 12.3 Å². The molecular weight excluding hydrogens is 258 g/mol. The lowest BCUT2D eigenvalue weighted by Crippen LogP contribution is -2.34. The van der Waals surface area contributed by atoms with E-state index in [9.17, 15) is 17.6 Å². The van der Waals surface area contributed by atoms with Crippen LogP contribution in [0, 0.1) is 0 Å². The zero-order valence-corrected chi connectivity index (χ0v) is 8.70. The monoisotopic (exact) mass is 265 g/mol. The minimum atomic E-state index is -4.27. The van der Waals surface area contributed by atoms with Crippen LogP contribution in [0.15, 0.2) is 6.20 Å². The van der Waals surface area contributed by atoms with Crippen LogP contribution in [0.5, 0.6) is 5.88 Å². The van der Waals surface area contributed by atoms with Gasteiger partial charge in [-0.1, -0.05) is 0 Å². The molecule has 0 aliphatic carbocycles. The predicted molar refractivity (Wildman–Crippen MR) is 52.5 cm³/mol. The van der Waals surface area contributed by atoms with E-state index >= 15 is 0 Å². The van der Waals surface area contributed by atoms with Crippen LogP contribution in [0.2, 0.25) is 0 Å². The number of anilines is 1. The van der Waals surface area contributed by atoms with Crippen molar-refractivity contribution in [1.82, 2.24) is 20.2 Å². The largest absolute Gasteiger partial charge is 0.470 e. The van der Waals surface area contributed by atoms with Gasteiger partial charge in [-0.3, -0.25) is 5.10 Å². The van der Waals surface area contributed by atoms with Crippen molar-refractivity contribution < 1.29 is 22.3 Å². The fraction of sp³-hybridized carbons (Fsp3) is 0.375. The van der Waals surface area contributed by atoms with Crippen LogP contribution in [0.25, 0.3) is 11.0 Å². The molecule has 0 aromatic carbocycles. The molecule has 0 unspecified atom stereocenters. The van der Waals surface area contributed by atoms with Crippen molar-refractivity contribution >= 4 is 17.0 Å². The average molecular weight is 265 g/mol. The Morgan fingerprint density at radius 3 is 2.78 bits per heavy atom. The third-order valence-corrected chi connectivity index (χ3v) is 2.01. The number of halogens is 4. The maximum atomic E-state index is 12.7. The first-order valence-electron chi connectivity index (χ1n) is 4.65. The molecule has 0 saturated carbocycles. The minimum Gasteiger partial charge on any atom is -0.470 e. The molecule has 2 aromatic rings. The molecule has 0 radical (unpaired) electrons. The van der Waals surface area contributed by atoms with Crippen LogP contribution in [0.4, 0.5) is 23.5 Å². The highest BCUT2D eigenvalue weighted by Crippen LogP contribution is 2.26. The van der Waals surface area contributed by atoms with Crippen molar-refractivity contribution in [1.29, 1.82) is 0 Å². The van der Waals surface area contributed by atoms with Crippen molar-refractivity contribution in [2.75, 3.05) is 12.3 Å². The number of hydrogen-bond donors (Lipinski definition) is 2. The number of aromatic nitrogens is 4. The van der Waals surface area contributed by atoms with Crippen molar-refractivity contribution in [3.63, 3.8) is 0 Å². The highest BCUT2D eigenvalue weighted by Gasteiger charge is 2.42. The molecule has 2 heterocycles. The smallest absolute Gasteiger partial charge is 0.340 e. The number of nitrogens with zero attached hydrogens (tertiary/aromatic N) is 3. The van der Waals surface area contributed by atoms with Gasteiger partial charge in [0.15, 0.2) is 12.3 Å². The number of nitrogens with one attached hydrogen (secondary N) is 1. The maximum absolute atomic E-state index is 12.7. The zero-order chi connectivity index (χ0) is 13.3. The van der Waals surface area contributed by atoms with E-state index in [1.54, 1.807) is 0 Å².